The van der Waals surface area contributed by atoms with Gasteiger partial charge in [0.25, 0.3) is 0 Å². The van der Waals surface area contributed by atoms with Crippen molar-refractivity contribution < 1.29 is 5.11 Å². The maximum absolute atomic E-state index is 9.95. The number of benzene rings is 1. The molecule has 1 fully saturated rings. The molecule has 0 unspecified atom stereocenters. The van der Waals surface area contributed by atoms with E-state index in [2.05, 4.69) is 27.9 Å². The number of hydrogen-bond donors (Lipinski definition) is 1. The first-order valence-electron chi connectivity index (χ1n) is 6.76. The Bertz CT molecular complexity index is 669. The highest BCUT2D eigenvalue weighted by Crippen LogP contribution is 2.29. The number of β-amino-alcohol motifs (C(OH)–C–C–N with tert-alkyl or cyclic N) is 1. The van der Waals surface area contributed by atoms with Gasteiger partial charge in [0.15, 0.2) is 0 Å². The summed E-state index contributed by atoms with van der Waals surface area (Å²) < 4.78 is 0. The van der Waals surface area contributed by atoms with Crippen molar-refractivity contribution in [1.29, 1.82) is 5.26 Å². The molecule has 0 bridgehead atoms. The number of aliphatic hydroxyl groups is 1. The molecule has 5 nitrogen and oxygen atoms in total. The molecule has 5 heteroatoms. The van der Waals surface area contributed by atoms with E-state index in [-0.39, 0.29) is 6.10 Å². The van der Waals surface area contributed by atoms with E-state index in [1.165, 1.54) is 0 Å². The lowest BCUT2D eigenvalue weighted by Crippen LogP contribution is -2.42. The highest BCUT2D eigenvalue weighted by molar-refractivity contribution is 5.91. The molecule has 1 N–H and O–H groups in total. The predicted molar refractivity (Wildman–Crippen MR) is 76.3 cm³/mol. The van der Waals surface area contributed by atoms with Crippen LogP contribution in [0.2, 0.25) is 0 Å². The maximum Gasteiger partial charge on any atom is 0.113 e. The van der Waals surface area contributed by atoms with E-state index in [0.717, 1.165) is 24.2 Å². The first-order valence-corrected chi connectivity index (χ1v) is 6.76. The molecular weight excluding hydrogens is 252 g/mol. The number of nitriles is 1. The molecule has 0 spiro atoms. The monoisotopic (exact) mass is 268 g/mol. The van der Waals surface area contributed by atoms with Crippen molar-refractivity contribution in [3.8, 4) is 6.07 Å². The van der Waals surface area contributed by atoms with Gasteiger partial charge in [-0.05, 0) is 24.5 Å². The molecule has 0 saturated carbocycles. The Labute approximate surface area is 117 Å². The van der Waals surface area contributed by atoms with Gasteiger partial charge in [-0.25, -0.2) is 0 Å². The van der Waals surface area contributed by atoms with Crippen molar-refractivity contribution >= 4 is 16.7 Å². The molecule has 0 amide bonds. The van der Waals surface area contributed by atoms with Crippen LogP contribution in [0.25, 0.3) is 11.0 Å². The molecule has 2 aromatic rings. The zero-order valence-corrected chi connectivity index (χ0v) is 11.3. The number of nitrogens with zero attached hydrogens (tertiary/aromatic N) is 4. The third-order valence-corrected chi connectivity index (χ3v) is 3.70. The molecule has 2 heterocycles. The molecule has 102 valence electrons. The quantitative estimate of drug-likeness (QED) is 0.852. The van der Waals surface area contributed by atoms with Crippen LogP contribution in [0, 0.1) is 17.2 Å². The van der Waals surface area contributed by atoms with Crippen molar-refractivity contribution in [3.63, 3.8) is 0 Å². The zero-order chi connectivity index (χ0) is 14.1. The second-order valence-corrected chi connectivity index (χ2v) is 5.40. The molecule has 0 aliphatic carbocycles. The first kappa shape index (κ1) is 12.8. The number of piperidine rings is 1. The topological polar surface area (TPSA) is 73.0 Å². The minimum Gasteiger partial charge on any atom is -0.391 e. The van der Waals surface area contributed by atoms with E-state index >= 15 is 0 Å². The lowest BCUT2D eigenvalue weighted by Gasteiger charge is -2.36. The minimum atomic E-state index is -0.318. The van der Waals surface area contributed by atoms with E-state index in [0.29, 0.717) is 23.5 Å². The maximum atomic E-state index is 9.95. The van der Waals surface area contributed by atoms with Crippen LogP contribution >= 0.6 is 0 Å². The van der Waals surface area contributed by atoms with Gasteiger partial charge in [-0.15, -0.1) is 0 Å². The summed E-state index contributed by atoms with van der Waals surface area (Å²) >= 11 is 0. The Morgan fingerprint density at radius 3 is 2.70 bits per heavy atom. The van der Waals surface area contributed by atoms with E-state index in [1.807, 2.05) is 6.07 Å². The molecule has 1 aliphatic rings. The average molecular weight is 268 g/mol. The Kier molecular flexibility index (Phi) is 3.25. The molecule has 2 atom stereocenters. The normalized spacial score (nSPS) is 22.8. The summed E-state index contributed by atoms with van der Waals surface area (Å²) in [6.07, 6.45) is 3.74. The van der Waals surface area contributed by atoms with Crippen LogP contribution in [-0.4, -0.2) is 34.3 Å². The van der Waals surface area contributed by atoms with Gasteiger partial charge >= 0.3 is 0 Å². The Hall–Kier alpha value is -2.19. The van der Waals surface area contributed by atoms with Gasteiger partial charge < -0.3 is 10.0 Å². The first-order chi connectivity index (χ1) is 9.69. The highest BCUT2D eigenvalue weighted by atomic mass is 16.3. The van der Waals surface area contributed by atoms with Crippen molar-refractivity contribution in [1.82, 2.24) is 9.97 Å². The van der Waals surface area contributed by atoms with Crippen LogP contribution in [0.3, 0.4) is 0 Å². The fourth-order valence-electron chi connectivity index (χ4n) is 2.90. The zero-order valence-electron chi connectivity index (χ0n) is 11.3. The van der Waals surface area contributed by atoms with Crippen LogP contribution < -0.4 is 4.90 Å². The number of hydrogen-bond acceptors (Lipinski definition) is 5. The Morgan fingerprint density at radius 1 is 1.25 bits per heavy atom. The second-order valence-electron chi connectivity index (χ2n) is 5.40. The highest BCUT2D eigenvalue weighted by Gasteiger charge is 2.25. The molecule has 1 aromatic carbocycles. The summed E-state index contributed by atoms with van der Waals surface area (Å²) in [5.74, 6) is 0.432. The van der Waals surface area contributed by atoms with E-state index in [1.54, 1.807) is 18.5 Å². The molecule has 20 heavy (non-hydrogen) atoms. The largest absolute Gasteiger partial charge is 0.391 e. The van der Waals surface area contributed by atoms with Crippen molar-refractivity contribution in [2.75, 3.05) is 18.0 Å². The van der Waals surface area contributed by atoms with Crippen LogP contribution in [0.4, 0.5) is 5.69 Å². The van der Waals surface area contributed by atoms with Gasteiger partial charge in [0.2, 0.25) is 0 Å². The van der Waals surface area contributed by atoms with Crippen molar-refractivity contribution in [2.24, 2.45) is 5.92 Å². The van der Waals surface area contributed by atoms with E-state index in [9.17, 15) is 5.11 Å². The Morgan fingerprint density at radius 2 is 2.00 bits per heavy atom. The van der Waals surface area contributed by atoms with Gasteiger partial charge in [0, 0.05) is 25.5 Å². The summed E-state index contributed by atoms with van der Waals surface area (Å²) in [6.45, 7) is 3.61. The number of anilines is 1. The Balaban J connectivity index is 2.11. The molecular formula is C15H16N4O. The summed E-state index contributed by atoms with van der Waals surface area (Å²) in [4.78, 5) is 10.8. The number of fused-ring (bicyclic) bond motifs is 1. The van der Waals surface area contributed by atoms with Gasteiger partial charge in [0.05, 0.1) is 17.4 Å². The molecule has 1 aromatic heterocycles. The number of aromatic nitrogens is 2. The number of aliphatic hydroxyl groups excluding tert-OH is 1. The third kappa shape index (κ3) is 2.19. The summed E-state index contributed by atoms with van der Waals surface area (Å²) in [7, 11) is 0. The van der Waals surface area contributed by atoms with Gasteiger partial charge in [-0.1, -0.05) is 6.92 Å². The van der Waals surface area contributed by atoms with Crippen LogP contribution in [-0.2, 0) is 0 Å². The lowest BCUT2D eigenvalue weighted by molar-refractivity contribution is 0.132. The standard InChI is InChI=1S/C15H16N4O/c1-10-6-12(20)9-19(8-10)13-3-2-11(7-16)14-15(13)18-5-4-17-14/h2-5,10,12,20H,6,8-9H2,1H3/t10-,12-/m1/s1. The SMILES string of the molecule is C[C@@H]1C[C@@H](O)CN(c2ccc(C#N)c3nccnc23)C1. The fourth-order valence-corrected chi connectivity index (χ4v) is 2.90. The molecule has 3 rings (SSSR count). The predicted octanol–water partition coefficient (Wildman–Crippen LogP) is 1.71. The van der Waals surface area contributed by atoms with Gasteiger partial charge in [-0.3, -0.25) is 9.97 Å². The number of rotatable bonds is 1. The second kappa shape index (κ2) is 5.06. The fraction of sp³-hybridized carbons (Fsp3) is 0.400. The van der Waals surface area contributed by atoms with Crippen molar-refractivity contribution in [2.45, 2.75) is 19.4 Å². The average Bonchev–Trinajstić information content (AvgIpc) is 2.45. The van der Waals surface area contributed by atoms with Gasteiger partial charge in [0.1, 0.15) is 17.1 Å². The molecule has 0 radical (unpaired) electrons. The minimum absolute atomic E-state index is 0.318. The lowest BCUT2D eigenvalue weighted by atomic mass is 9.97. The van der Waals surface area contributed by atoms with Crippen LogP contribution in [0.5, 0.6) is 0 Å². The van der Waals surface area contributed by atoms with Gasteiger partial charge in [-0.2, -0.15) is 5.26 Å². The summed E-state index contributed by atoms with van der Waals surface area (Å²) in [5, 5.41) is 19.1. The molecule has 1 saturated heterocycles. The van der Waals surface area contributed by atoms with E-state index < -0.39 is 0 Å². The summed E-state index contributed by atoms with van der Waals surface area (Å²) in [6, 6.07) is 5.83. The smallest absolute Gasteiger partial charge is 0.113 e. The molecule has 1 aliphatic heterocycles. The summed E-state index contributed by atoms with van der Waals surface area (Å²) in [5.41, 5.74) is 2.83. The van der Waals surface area contributed by atoms with Crippen LogP contribution in [0.15, 0.2) is 24.5 Å². The van der Waals surface area contributed by atoms with E-state index in [4.69, 9.17) is 5.26 Å². The van der Waals surface area contributed by atoms with Crippen LogP contribution in [0.1, 0.15) is 18.9 Å². The van der Waals surface area contributed by atoms with Crippen molar-refractivity contribution in [3.05, 3.63) is 30.1 Å². The third-order valence-electron chi connectivity index (χ3n) is 3.70.